The summed E-state index contributed by atoms with van der Waals surface area (Å²) in [7, 11) is 0. The Morgan fingerprint density at radius 1 is 1.00 bits per heavy atom. The summed E-state index contributed by atoms with van der Waals surface area (Å²) in [6, 6.07) is 8.30. The van der Waals surface area contributed by atoms with Gasteiger partial charge in [0.05, 0.1) is 5.75 Å². The predicted octanol–water partition coefficient (Wildman–Crippen LogP) is 4.50. The molecule has 1 aromatic carbocycles. The molecule has 0 amide bonds. The van der Waals surface area contributed by atoms with Gasteiger partial charge < -0.3 is 8.98 Å². The molecule has 0 aliphatic carbocycles. The third kappa shape index (κ3) is 3.98. The number of benzene rings is 1. The first kappa shape index (κ1) is 18.6. The van der Waals surface area contributed by atoms with Crippen LogP contribution in [0.3, 0.4) is 0 Å². The first-order valence-electron chi connectivity index (χ1n) is 8.90. The normalized spacial score (nSPS) is 11.9. The van der Waals surface area contributed by atoms with Gasteiger partial charge in [0.15, 0.2) is 5.16 Å². The molecule has 0 radical (unpaired) electrons. The molecule has 0 spiro atoms. The van der Waals surface area contributed by atoms with Crippen molar-refractivity contribution in [2.75, 3.05) is 0 Å². The molecule has 3 rings (SSSR count). The van der Waals surface area contributed by atoms with Crippen LogP contribution in [0.1, 0.15) is 51.9 Å². The summed E-state index contributed by atoms with van der Waals surface area (Å²) < 4.78 is 7.94. The molecule has 2 aromatic heterocycles. The van der Waals surface area contributed by atoms with Gasteiger partial charge >= 0.3 is 0 Å². The maximum atomic E-state index is 5.82. The number of hydrogen-bond donors (Lipinski definition) is 0. The monoisotopic (exact) mass is 371 g/mol. The van der Waals surface area contributed by atoms with Crippen LogP contribution in [-0.2, 0) is 24.1 Å². The third-order valence-corrected chi connectivity index (χ3v) is 5.17. The van der Waals surface area contributed by atoms with Crippen LogP contribution >= 0.6 is 11.8 Å². The summed E-state index contributed by atoms with van der Waals surface area (Å²) in [6.07, 6.45) is 0.872. The van der Waals surface area contributed by atoms with E-state index < -0.39 is 0 Å². The molecule has 138 valence electrons. The molecule has 0 fully saturated rings. The van der Waals surface area contributed by atoms with Gasteiger partial charge in [0.25, 0.3) is 0 Å². The van der Waals surface area contributed by atoms with Crippen molar-refractivity contribution in [3.05, 3.63) is 41.5 Å². The van der Waals surface area contributed by atoms with Crippen LogP contribution in [0.15, 0.2) is 33.8 Å². The van der Waals surface area contributed by atoms with Crippen LogP contribution in [0.4, 0.5) is 0 Å². The highest BCUT2D eigenvalue weighted by Gasteiger charge is 2.16. The molecule has 0 unspecified atom stereocenters. The second-order valence-corrected chi connectivity index (χ2v) is 8.06. The highest BCUT2D eigenvalue weighted by molar-refractivity contribution is 7.98. The minimum atomic E-state index is 0.127. The van der Waals surface area contributed by atoms with E-state index in [2.05, 4.69) is 71.7 Å². The minimum absolute atomic E-state index is 0.127. The number of aromatic nitrogens is 5. The lowest BCUT2D eigenvalue weighted by molar-refractivity contribution is 0.527. The van der Waals surface area contributed by atoms with Crippen LogP contribution in [0.25, 0.3) is 11.5 Å². The molecular formula is C19H25N5OS. The van der Waals surface area contributed by atoms with E-state index in [0.29, 0.717) is 17.5 Å². The average Bonchev–Trinajstić information content (AvgIpc) is 3.25. The van der Waals surface area contributed by atoms with Gasteiger partial charge in [0.1, 0.15) is 5.82 Å². The van der Waals surface area contributed by atoms with E-state index in [0.717, 1.165) is 29.5 Å². The Morgan fingerprint density at radius 3 is 2.35 bits per heavy atom. The molecule has 26 heavy (non-hydrogen) atoms. The molecule has 0 bridgehead atoms. The molecule has 0 aliphatic heterocycles. The fraction of sp³-hybridized carbons (Fsp3) is 0.474. The third-order valence-electron chi connectivity index (χ3n) is 4.22. The minimum Gasteiger partial charge on any atom is -0.420 e. The van der Waals surface area contributed by atoms with Crippen molar-refractivity contribution in [3.8, 4) is 11.5 Å². The van der Waals surface area contributed by atoms with E-state index in [1.54, 1.807) is 11.8 Å². The van der Waals surface area contributed by atoms with E-state index in [4.69, 9.17) is 4.42 Å². The number of nitrogens with zero attached hydrogens (tertiary/aromatic N) is 5. The molecule has 0 saturated heterocycles. The predicted molar refractivity (Wildman–Crippen MR) is 103 cm³/mol. The van der Waals surface area contributed by atoms with Crippen LogP contribution in [0.2, 0.25) is 0 Å². The van der Waals surface area contributed by atoms with Crippen molar-refractivity contribution in [3.63, 3.8) is 0 Å². The number of aryl methyl sites for hydroxylation is 1. The van der Waals surface area contributed by atoms with Gasteiger partial charge in [-0.05, 0) is 30.0 Å². The Morgan fingerprint density at radius 2 is 1.73 bits per heavy atom. The highest BCUT2D eigenvalue weighted by atomic mass is 32.2. The van der Waals surface area contributed by atoms with Gasteiger partial charge in [-0.1, -0.05) is 51.6 Å². The summed E-state index contributed by atoms with van der Waals surface area (Å²) in [6.45, 7) is 11.6. The maximum absolute atomic E-state index is 5.82. The lowest BCUT2D eigenvalue weighted by Gasteiger charge is -2.18. The summed E-state index contributed by atoms with van der Waals surface area (Å²) in [5.74, 6) is 2.72. The maximum Gasteiger partial charge on any atom is 0.247 e. The summed E-state index contributed by atoms with van der Waals surface area (Å²) in [5.41, 5.74) is 2.34. The standard InChI is InChI=1S/C19H25N5OS/c1-6-15-20-23-18(24(15)7-2)26-12-16-21-22-17(25-16)13-8-10-14(11-9-13)19(3,4)5/h8-11H,6-7,12H2,1-5H3. The second kappa shape index (κ2) is 7.61. The SMILES string of the molecule is CCc1nnc(SCc2nnc(-c3ccc(C(C)(C)C)cc3)o2)n1CC. The van der Waals surface area contributed by atoms with Crippen LogP contribution in [0.5, 0.6) is 0 Å². The molecule has 0 aliphatic rings. The first-order valence-corrected chi connectivity index (χ1v) is 9.89. The van der Waals surface area contributed by atoms with Crippen molar-refractivity contribution in [2.45, 2.75) is 63.9 Å². The zero-order chi connectivity index (χ0) is 18.7. The van der Waals surface area contributed by atoms with E-state index in [1.165, 1.54) is 5.56 Å². The Hall–Kier alpha value is -2.15. The molecule has 0 N–H and O–H groups in total. The van der Waals surface area contributed by atoms with Gasteiger partial charge in [0.2, 0.25) is 11.8 Å². The molecule has 0 saturated carbocycles. The van der Waals surface area contributed by atoms with Gasteiger partial charge in [-0.25, -0.2) is 0 Å². The van der Waals surface area contributed by atoms with Gasteiger partial charge in [-0.2, -0.15) is 0 Å². The molecule has 2 heterocycles. The number of thioether (sulfide) groups is 1. The van der Waals surface area contributed by atoms with Crippen molar-refractivity contribution < 1.29 is 4.42 Å². The van der Waals surface area contributed by atoms with Gasteiger partial charge in [0, 0.05) is 18.5 Å². The first-order chi connectivity index (χ1) is 12.4. The quantitative estimate of drug-likeness (QED) is 0.594. The summed E-state index contributed by atoms with van der Waals surface area (Å²) >= 11 is 1.57. The Bertz CT molecular complexity index is 861. The van der Waals surface area contributed by atoms with Crippen molar-refractivity contribution in [1.29, 1.82) is 0 Å². The van der Waals surface area contributed by atoms with Crippen molar-refractivity contribution in [2.24, 2.45) is 0 Å². The van der Waals surface area contributed by atoms with E-state index >= 15 is 0 Å². The molecule has 0 atom stereocenters. The largest absolute Gasteiger partial charge is 0.420 e. The zero-order valence-corrected chi connectivity index (χ0v) is 16.8. The second-order valence-electron chi connectivity index (χ2n) is 7.11. The molecule has 3 aromatic rings. The summed E-state index contributed by atoms with van der Waals surface area (Å²) in [4.78, 5) is 0. The molecular weight excluding hydrogens is 346 g/mol. The van der Waals surface area contributed by atoms with Crippen molar-refractivity contribution in [1.82, 2.24) is 25.0 Å². The van der Waals surface area contributed by atoms with E-state index in [9.17, 15) is 0 Å². The highest BCUT2D eigenvalue weighted by Crippen LogP contribution is 2.27. The van der Waals surface area contributed by atoms with E-state index in [-0.39, 0.29) is 5.41 Å². The van der Waals surface area contributed by atoms with Crippen molar-refractivity contribution >= 4 is 11.8 Å². The zero-order valence-electron chi connectivity index (χ0n) is 16.0. The van der Waals surface area contributed by atoms with Gasteiger partial charge in [-0.15, -0.1) is 20.4 Å². The molecule has 7 heteroatoms. The van der Waals surface area contributed by atoms with E-state index in [1.807, 2.05) is 12.1 Å². The fourth-order valence-corrected chi connectivity index (χ4v) is 3.53. The van der Waals surface area contributed by atoms with Crippen LogP contribution in [0, 0.1) is 0 Å². The fourth-order valence-electron chi connectivity index (χ4n) is 2.67. The average molecular weight is 372 g/mol. The Labute approximate surface area is 158 Å². The lowest BCUT2D eigenvalue weighted by Crippen LogP contribution is -2.10. The number of hydrogen-bond acceptors (Lipinski definition) is 6. The molecule has 6 nitrogen and oxygen atoms in total. The Balaban J connectivity index is 1.69. The lowest BCUT2D eigenvalue weighted by atomic mass is 9.87. The van der Waals surface area contributed by atoms with Gasteiger partial charge in [-0.3, -0.25) is 0 Å². The number of rotatable bonds is 6. The smallest absolute Gasteiger partial charge is 0.247 e. The topological polar surface area (TPSA) is 69.6 Å². The van der Waals surface area contributed by atoms with Crippen LogP contribution in [-0.4, -0.2) is 25.0 Å². The Kier molecular flexibility index (Phi) is 5.46. The van der Waals surface area contributed by atoms with Crippen LogP contribution < -0.4 is 0 Å². The summed E-state index contributed by atoms with van der Waals surface area (Å²) in [5, 5.41) is 17.7.